The van der Waals surface area contributed by atoms with Crippen LogP contribution in [0.4, 0.5) is 9.52 Å². The Morgan fingerprint density at radius 2 is 1.81 bits per heavy atom. The lowest BCUT2D eigenvalue weighted by Gasteiger charge is -2.21. The first kappa shape index (κ1) is 25.5. The Bertz CT molecular complexity index is 1200. The van der Waals surface area contributed by atoms with Crippen LogP contribution in [-0.2, 0) is 22.4 Å². The molecular formula is C27H29FN4O3S. The Labute approximate surface area is 213 Å². The monoisotopic (exact) mass is 508 g/mol. The topological polar surface area (TPSA) is 91.4 Å². The highest BCUT2D eigenvalue weighted by molar-refractivity contribution is 7.13. The number of amides is 3. The number of hydrogen-bond acceptors (Lipinski definition) is 5. The summed E-state index contributed by atoms with van der Waals surface area (Å²) in [5, 5.41) is 7.84. The Balaban J connectivity index is 1.24. The van der Waals surface area contributed by atoms with Gasteiger partial charge in [-0.25, -0.2) is 9.37 Å². The second kappa shape index (κ2) is 11.9. The largest absolute Gasteiger partial charge is 0.353 e. The van der Waals surface area contributed by atoms with Gasteiger partial charge in [-0.15, -0.1) is 11.3 Å². The van der Waals surface area contributed by atoms with E-state index in [0.717, 1.165) is 25.7 Å². The molecule has 3 amide bonds. The van der Waals surface area contributed by atoms with E-state index in [9.17, 15) is 18.8 Å². The molecule has 4 rings (SSSR count). The molecular weight excluding hydrogens is 479 g/mol. The Hall–Kier alpha value is -3.59. The number of thiazole rings is 1. The molecule has 1 atom stereocenters. The highest BCUT2D eigenvalue weighted by atomic mass is 32.1. The molecule has 0 spiro atoms. The van der Waals surface area contributed by atoms with Crippen molar-refractivity contribution in [2.45, 2.75) is 51.1 Å². The molecule has 0 saturated heterocycles. The van der Waals surface area contributed by atoms with Gasteiger partial charge >= 0.3 is 0 Å². The summed E-state index contributed by atoms with van der Waals surface area (Å²) in [5.74, 6) is -1.21. The number of carbonyl (C=O) groups excluding carboxylic acids is 3. The van der Waals surface area contributed by atoms with Gasteiger partial charge in [-0.3, -0.25) is 14.4 Å². The summed E-state index contributed by atoms with van der Waals surface area (Å²) in [6, 6.07) is 15.5. The van der Waals surface area contributed by atoms with Gasteiger partial charge in [-0.05, 0) is 62.4 Å². The molecule has 1 fully saturated rings. The highest BCUT2D eigenvalue weighted by Gasteiger charge is 2.34. The first-order valence-corrected chi connectivity index (χ1v) is 12.9. The summed E-state index contributed by atoms with van der Waals surface area (Å²) >= 11 is 1.24. The molecule has 0 bridgehead atoms. The number of nitrogens with zero attached hydrogens (tertiary/aromatic N) is 2. The molecule has 1 unspecified atom stereocenters. The third-order valence-corrected chi connectivity index (χ3v) is 6.72. The van der Waals surface area contributed by atoms with Gasteiger partial charge in [-0.1, -0.05) is 30.3 Å². The van der Waals surface area contributed by atoms with E-state index in [0.29, 0.717) is 16.4 Å². The van der Waals surface area contributed by atoms with Crippen LogP contribution in [0, 0.1) is 5.82 Å². The van der Waals surface area contributed by atoms with Crippen molar-refractivity contribution in [3.63, 3.8) is 0 Å². The van der Waals surface area contributed by atoms with Crippen molar-refractivity contribution in [2.75, 3.05) is 11.9 Å². The number of rotatable bonds is 11. The zero-order valence-corrected chi connectivity index (χ0v) is 20.9. The Kier molecular flexibility index (Phi) is 8.43. The van der Waals surface area contributed by atoms with Gasteiger partial charge in [0, 0.05) is 23.0 Å². The SMILES string of the molecule is CC(CCc1ccccc1)NC(=O)Cc1csc(NC(=O)CN(C(=O)c2ccc(F)cc2)C2CC2)n1. The molecule has 1 saturated carbocycles. The van der Waals surface area contributed by atoms with Crippen LogP contribution >= 0.6 is 11.3 Å². The van der Waals surface area contributed by atoms with Crippen molar-refractivity contribution >= 4 is 34.2 Å². The zero-order chi connectivity index (χ0) is 25.5. The standard InChI is InChI=1S/C27H29FN4O3S/c1-18(7-8-19-5-3-2-4-6-19)29-24(33)15-22-17-36-27(30-22)31-25(34)16-32(23-13-14-23)26(35)20-9-11-21(28)12-10-20/h2-6,9-12,17-18,23H,7-8,13-16H2,1H3,(H,29,33)(H,30,31,34). The molecule has 0 radical (unpaired) electrons. The van der Waals surface area contributed by atoms with E-state index in [-0.39, 0.29) is 42.8 Å². The minimum atomic E-state index is -0.419. The van der Waals surface area contributed by atoms with Gasteiger partial charge in [-0.2, -0.15) is 0 Å². The quantitative estimate of drug-likeness (QED) is 0.406. The van der Waals surface area contributed by atoms with E-state index >= 15 is 0 Å². The van der Waals surface area contributed by atoms with Crippen LogP contribution < -0.4 is 10.6 Å². The number of benzene rings is 2. The Morgan fingerprint density at radius 3 is 2.50 bits per heavy atom. The van der Waals surface area contributed by atoms with Gasteiger partial charge in [0.15, 0.2) is 5.13 Å². The van der Waals surface area contributed by atoms with Gasteiger partial charge in [0.1, 0.15) is 12.4 Å². The van der Waals surface area contributed by atoms with Crippen molar-refractivity contribution in [1.82, 2.24) is 15.2 Å². The number of anilines is 1. The fourth-order valence-electron chi connectivity index (χ4n) is 3.86. The van der Waals surface area contributed by atoms with Crippen molar-refractivity contribution in [3.05, 3.63) is 82.6 Å². The summed E-state index contributed by atoms with van der Waals surface area (Å²) in [7, 11) is 0. The summed E-state index contributed by atoms with van der Waals surface area (Å²) < 4.78 is 13.2. The number of carbonyl (C=O) groups is 3. The molecule has 1 aromatic heterocycles. The van der Waals surface area contributed by atoms with Crippen molar-refractivity contribution in [2.24, 2.45) is 0 Å². The van der Waals surface area contributed by atoms with Crippen LogP contribution in [0.25, 0.3) is 0 Å². The van der Waals surface area contributed by atoms with Gasteiger partial charge in [0.2, 0.25) is 11.8 Å². The molecule has 2 N–H and O–H groups in total. The van der Waals surface area contributed by atoms with Crippen LogP contribution in [0.1, 0.15) is 47.8 Å². The molecule has 0 aliphatic heterocycles. The first-order chi connectivity index (χ1) is 17.4. The maximum absolute atomic E-state index is 13.2. The fourth-order valence-corrected chi connectivity index (χ4v) is 4.59. The third-order valence-electron chi connectivity index (χ3n) is 5.91. The minimum Gasteiger partial charge on any atom is -0.353 e. The molecule has 2 aromatic carbocycles. The predicted molar refractivity (Wildman–Crippen MR) is 137 cm³/mol. The second-order valence-corrected chi connectivity index (χ2v) is 9.89. The summed E-state index contributed by atoms with van der Waals surface area (Å²) in [6.07, 6.45) is 3.51. The molecule has 9 heteroatoms. The average Bonchev–Trinajstić information content (AvgIpc) is 3.62. The van der Waals surface area contributed by atoms with Crippen LogP contribution in [0.3, 0.4) is 0 Å². The molecule has 1 aliphatic carbocycles. The highest BCUT2D eigenvalue weighted by Crippen LogP contribution is 2.28. The third kappa shape index (κ3) is 7.45. The van der Waals surface area contributed by atoms with Gasteiger partial charge in [0.25, 0.3) is 5.91 Å². The van der Waals surface area contributed by atoms with Gasteiger partial charge in [0.05, 0.1) is 12.1 Å². The van der Waals surface area contributed by atoms with Crippen LogP contribution in [0.5, 0.6) is 0 Å². The minimum absolute atomic E-state index is 0.00716. The molecule has 188 valence electrons. The van der Waals surface area contributed by atoms with E-state index in [1.54, 1.807) is 5.38 Å². The number of nitrogens with one attached hydrogen (secondary N) is 2. The lowest BCUT2D eigenvalue weighted by atomic mass is 10.1. The van der Waals surface area contributed by atoms with E-state index in [1.165, 1.54) is 46.1 Å². The lowest BCUT2D eigenvalue weighted by Crippen LogP contribution is -2.39. The fraction of sp³-hybridized carbons (Fsp3) is 0.333. The second-order valence-electron chi connectivity index (χ2n) is 9.03. The number of halogens is 1. The maximum Gasteiger partial charge on any atom is 0.254 e. The molecule has 1 heterocycles. The molecule has 7 nitrogen and oxygen atoms in total. The first-order valence-electron chi connectivity index (χ1n) is 12.0. The van der Waals surface area contributed by atoms with E-state index in [4.69, 9.17) is 0 Å². The van der Waals surface area contributed by atoms with Crippen LogP contribution in [0.15, 0.2) is 60.0 Å². The van der Waals surface area contributed by atoms with Crippen molar-refractivity contribution < 1.29 is 18.8 Å². The van der Waals surface area contributed by atoms with Crippen molar-refractivity contribution in [3.8, 4) is 0 Å². The zero-order valence-electron chi connectivity index (χ0n) is 20.1. The summed E-state index contributed by atoms with van der Waals surface area (Å²) in [5.41, 5.74) is 2.15. The van der Waals surface area contributed by atoms with Crippen LogP contribution in [-0.4, -0.2) is 46.2 Å². The maximum atomic E-state index is 13.2. The smallest absolute Gasteiger partial charge is 0.254 e. The number of aromatic nitrogens is 1. The van der Waals surface area contributed by atoms with Crippen LogP contribution in [0.2, 0.25) is 0 Å². The van der Waals surface area contributed by atoms with Crippen molar-refractivity contribution in [1.29, 1.82) is 0 Å². The number of hydrogen-bond donors (Lipinski definition) is 2. The average molecular weight is 509 g/mol. The van der Waals surface area contributed by atoms with E-state index < -0.39 is 5.82 Å². The molecule has 3 aromatic rings. The summed E-state index contributed by atoms with van der Waals surface area (Å²) in [4.78, 5) is 43.8. The number of aryl methyl sites for hydroxylation is 1. The molecule has 1 aliphatic rings. The van der Waals surface area contributed by atoms with E-state index in [1.807, 2.05) is 25.1 Å². The summed E-state index contributed by atoms with van der Waals surface area (Å²) in [6.45, 7) is 1.86. The normalized spacial score (nSPS) is 13.6. The van der Waals surface area contributed by atoms with E-state index in [2.05, 4.69) is 27.8 Å². The van der Waals surface area contributed by atoms with Gasteiger partial charge < -0.3 is 15.5 Å². The lowest BCUT2D eigenvalue weighted by molar-refractivity contribution is -0.121. The predicted octanol–water partition coefficient (Wildman–Crippen LogP) is 4.21. The molecule has 36 heavy (non-hydrogen) atoms. The Morgan fingerprint density at radius 1 is 1.08 bits per heavy atom.